The number of benzene rings is 1. The SMILES string of the molecule is CCNc1nc(Oc2cc(C)ccc2Cl)c2[nH]cnc2n1. The number of H-pyrrole nitrogens is 1. The Morgan fingerprint density at radius 1 is 1.33 bits per heavy atom. The molecule has 0 fully saturated rings. The average molecular weight is 304 g/mol. The number of aryl methyl sites for hydroxylation is 1. The van der Waals surface area contributed by atoms with Crippen LogP contribution in [0.4, 0.5) is 5.95 Å². The number of halogens is 1. The van der Waals surface area contributed by atoms with Crippen molar-refractivity contribution < 1.29 is 4.74 Å². The number of imidazole rings is 1. The summed E-state index contributed by atoms with van der Waals surface area (Å²) in [6.45, 7) is 4.65. The molecule has 2 N–H and O–H groups in total. The van der Waals surface area contributed by atoms with E-state index in [0.29, 0.717) is 40.3 Å². The second-order valence-electron chi connectivity index (χ2n) is 4.52. The highest BCUT2D eigenvalue weighted by atomic mass is 35.5. The molecule has 0 unspecified atom stereocenters. The average Bonchev–Trinajstić information content (AvgIpc) is 2.92. The van der Waals surface area contributed by atoms with Crippen molar-refractivity contribution in [3.63, 3.8) is 0 Å². The number of aromatic amines is 1. The lowest BCUT2D eigenvalue weighted by Gasteiger charge is -2.09. The molecule has 21 heavy (non-hydrogen) atoms. The Hall–Kier alpha value is -2.34. The van der Waals surface area contributed by atoms with Gasteiger partial charge in [0.15, 0.2) is 5.65 Å². The summed E-state index contributed by atoms with van der Waals surface area (Å²) in [5.41, 5.74) is 2.23. The highest BCUT2D eigenvalue weighted by Crippen LogP contribution is 2.32. The molecule has 0 radical (unpaired) electrons. The second-order valence-corrected chi connectivity index (χ2v) is 4.93. The van der Waals surface area contributed by atoms with Crippen molar-refractivity contribution >= 4 is 28.7 Å². The van der Waals surface area contributed by atoms with Crippen molar-refractivity contribution in [3.05, 3.63) is 35.1 Å². The molecule has 0 aliphatic heterocycles. The van der Waals surface area contributed by atoms with E-state index in [2.05, 4.69) is 25.3 Å². The van der Waals surface area contributed by atoms with Gasteiger partial charge in [-0.15, -0.1) is 0 Å². The molecule has 7 heteroatoms. The van der Waals surface area contributed by atoms with Crippen LogP contribution in [-0.4, -0.2) is 26.5 Å². The van der Waals surface area contributed by atoms with Gasteiger partial charge in [0.05, 0.1) is 11.3 Å². The van der Waals surface area contributed by atoms with E-state index < -0.39 is 0 Å². The number of aromatic nitrogens is 4. The monoisotopic (exact) mass is 303 g/mol. The number of hydrogen-bond acceptors (Lipinski definition) is 5. The molecule has 0 spiro atoms. The van der Waals surface area contributed by atoms with Crippen molar-refractivity contribution in [3.8, 4) is 11.6 Å². The Morgan fingerprint density at radius 2 is 2.19 bits per heavy atom. The van der Waals surface area contributed by atoms with Gasteiger partial charge in [0, 0.05) is 6.54 Å². The van der Waals surface area contributed by atoms with Crippen molar-refractivity contribution in [1.29, 1.82) is 0 Å². The highest BCUT2D eigenvalue weighted by molar-refractivity contribution is 6.32. The van der Waals surface area contributed by atoms with Gasteiger partial charge in [0.25, 0.3) is 5.88 Å². The summed E-state index contributed by atoms with van der Waals surface area (Å²) in [5.74, 6) is 1.41. The largest absolute Gasteiger partial charge is 0.435 e. The van der Waals surface area contributed by atoms with Crippen LogP contribution >= 0.6 is 11.6 Å². The molecule has 0 atom stereocenters. The van der Waals surface area contributed by atoms with E-state index in [1.807, 2.05) is 26.0 Å². The topological polar surface area (TPSA) is 75.7 Å². The summed E-state index contributed by atoms with van der Waals surface area (Å²) in [6.07, 6.45) is 1.56. The summed E-state index contributed by atoms with van der Waals surface area (Å²) >= 11 is 6.16. The predicted molar refractivity (Wildman–Crippen MR) is 82.1 cm³/mol. The Balaban J connectivity index is 2.06. The van der Waals surface area contributed by atoms with Gasteiger partial charge in [-0.1, -0.05) is 17.7 Å². The molecule has 3 aromatic rings. The molecule has 0 saturated carbocycles. The number of hydrogen-bond donors (Lipinski definition) is 2. The third kappa shape index (κ3) is 2.75. The van der Waals surface area contributed by atoms with Crippen LogP contribution in [0.25, 0.3) is 11.2 Å². The van der Waals surface area contributed by atoms with E-state index in [0.717, 1.165) is 5.56 Å². The van der Waals surface area contributed by atoms with Crippen molar-refractivity contribution in [1.82, 2.24) is 19.9 Å². The van der Waals surface area contributed by atoms with Gasteiger partial charge in [-0.3, -0.25) is 0 Å². The zero-order valence-corrected chi connectivity index (χ0v) is 12.4. The number of nitrogens with one attached hydrogen (secondary N) is 2. The Bertz CT molecular complexity index is 786. The minimum atomic E-state index is 0.390. The normalized spacial score (nSPS) is 10.8. The minimum Gasteiger partial charge on any atom is -0.435 e. The zero-order valence-electron chi connectivity index (χ0n) is 11.6. The summed E-state index contributed by atoms with van der Waals surface area (Å²) in [4.78, 5) is 15.8. The minimum absolute atomic E-state index is 0.390. The molecule has 6 nitrogen and oxygen atoms in total. The van der Waals surface area contributed by atoms with E-state index in [4.69, 9.17) is 16.3 Å². The quantitative estimate of drug-likeness (QED) is 0.771. The molecule has 1 aromatic carbocycles. The molecule has 0 aliphatic carbocycles. The lowest BCUT2D eigenvalue weighted by atomic mass is 10.2. The van der Waals surface area contributed by atoms with Gasteiger partial charge in [0.2, 0.25) is 5.95 Å². The lowest BCUT2D eigenvalue weighted by molar-refractivity contribution is 0.468. The fraction of sp³-hybridized carbons (Fsp3) is 0.214. The summed E-state index contributed by atoms with van der Waals surface area (Å²) < 4.78 is 5.85. The standard InChI is InChI=1S/C14H14ClN5O/c1-3-16-14-19-12-11(17-7-18-12)13(20-14)21-10-6-8(2)4-5-9(10)15/h4-7H,3H2,1-2H3,(H2,16,17,18,19,20). The maximum absolute atomic E-state index is 6.16. The number of rotatable bonds is 4. The predicted octanol–water partition coefficient (Wildman–Crippen LogP) is 3.54. The first-order valence-corrected chi connectivity index (χ1v) is 6.94. The fourth-order valence-corrected chi connectivity index (χ4v) is 2.07. The van der Waals surface area contributed by atoms with Gasteiger partial charge in [0.1, 0.15) is 11.3 Å². The molecule has 2 heterocycles. The van der Waals surface area contributed by atoms with E-state index >= 15 is 0 Å². The first-order chi connectivity index (χ1) is 10.2. The van der Waals surface area contributed by atoms with Gasteiger partial charge >= 0.3 is 0 Å². The van der Waals surface area contributed by atoms with Crippen LogP contribution in [0.3, 0.4) is 0 Å². The van der Waals surface area contributed by atoms with Crippen LogP contribution in [0.15, 0.2) is 24.5 Å². The third-order valence-electron chi connectivity index (χ3n) is 2.88. The molecule has 0 saturated heterocycles. The van der Waals surface area contributed by atoms with Gasteiger partial charge in [-0.05, 0) is 31.5 Å². The smallest absolute Gasteiger partial charge is 0.250 e. The number of anilines is 1. The van der Waals surface area contributed by atoms with Gasteiger partial charge < -0.3 is 15.0 Å². The molecule has 0 bridgehead atoms. The highest BCUT2D eigenvalue weighted by Gasteiger charge is 2.13. The van der Waals surface area contributed by atoms with Crippen molar-refractivity contribution in [2.24, 2.45) is 0 Å². The Morgan fingerprint density at radius 3 is 3.00 bits per heavy atom. The number of nitrogens with zero attached hydrogens (tertiary/aromatic N) is 3. The zero-order chi connectivity index (χ0) is 14.8. The van der Waals surface area contributed by atoms with Crippen LogP contribution in [-0.2, 0) is 0 Å². The lowest BCUT2D eigenvalue weighted by Crippen LogP contribution is -2.03. The van der Waals surface area contributed by atoms with Crippen LogP contribution in [0, 0.1) is 6.92 Å². The third-order valence-corrected chi connectivity index (χ3v) is 3.19. The Kier molecular flexibility index (Phi) is 3.62. The molecule has 2 aromatic heterocycles. The van der Waals surface area contributed by atoms with Crippen LogP contribution in [0.2, 0.25) is 5.02 Å². The Labute approximate surface area is 126 Å². The van der Waals surface area contributed by atoms with Crippen LogP contribution in [0.5, 0.6) is 11.6 Å². The number of ether oxygens (including phenoxy) is 1. The molecule has 108 valence electrons. The fourth-order valence-electron chi connectivity index (χ4n) is 1.91. The molecule has 0 amide bonds. The molecular weight excluding hydrogens is 290 g/mol. The van der Waals surface area contributed by atoms with Gasteiger partial charge in [-0.2, -0.15) is 9.97 Å². The molecular formula is C14H14ClN5O. The van der Waals surface area contributed by atoms with E-state index in [1.165, 1.54) is 0 Å². The van der Waals surface area contributed by atoms with Crippen LogP contribution < -0.4 is 10.1 Å². The molecule has 3 rings (SSSR count). The van der Waals surface area contributed by atoms with E-state index in [9.17, 15) is 0 Å². The van der Waals surface area contributed by atoms with Gasteiger partial charge in [-0.25, -0.2) is 4.98 Å². The second kappa shape index (κ2) is 5.57. The van der Waals surface area contributed by atoms with E-state index in [-0.39, 0.29) is 0 Å². The number of fused-ring (bicyclic) bond motifs is 1. The van der Waals surface area contributed by atoms with Crippen LogP contribution in [0.1, 0.15) is 12.5 Å². The van der Waals surface area contributed by atoms with Crippen molar-refractivity contribution in [2.45, 2.75) is 13.8 Å². The first-order valence-electron chi connectivity index (χ1n) is 6.56. The maximum Gasteiger partial charge on any atom is 0.250 e. The molecule has 0 aliphatic rings. The maximum atomic E-state index is 6.16. The summed E-state index contributed by atoms with van der Waals surface area (Å²) in [5, 5.41) is 3.58. The summed E-state index contributed by atoms with van der Waals surface area (Å²) in [6, 6.07) is 5.58. The first kappa shape index (κ1) is 13.6. The summed E-state index contributed by atoms with van der Waals surface area (Å²) in [7, 11) is 0. The van der Waals surface area contributed by atoms with Crippen molar-refractivity contribution in [2.75, 3.05) is 11.9 Å². The van der Waals surface area contributed by atoms with E-state index in [1.54, 1.807) is 12.4 Å².